The summed E-state index contributed by atoms with van der Waals surface area (Å²) < 4.78 is 1.42. The molecule has 2 heterocycles. The molecule has 3 heteroatoms. The molecule has 0 radical (unpaired) electrons. The van der Waals surface area contributed by atoms with Gasteiger partial charge in [-0.3, -0.25) is 4.90 Å². The van der Waals surface area contributed by atoms with Gasteiger partial charge in [-0.25, -0.2) is 0 Å². The van der Waals surface area contributed by atoms with Crippen molar-refractivity contribution in [2.75, 3.05) is 26.7 Å². The van der Waals surface area contributed by atoms with E-state index in [1.54, 1.807) is 0 Å². The van der Waals surface area contributed by atoms with Crippen molar-refractivity contribution >= 4 is 21.4 Å². The molecule has 0 bridgehead atoms. The normalized spacial score (nSPS) is 17.9. The largest absolute Gasteiger partial charge is 0.303 e. The van der Waals surface area contributed by atoms with Gasteiger partial charge in [-0.05, 0) is 63.5 Å². The zero-order chi connectivity index (χ0) is 14.7. The lowest BCUT2D eigenvalue weighted by atomic mass is 10.0. The Kier molecular flexibility index (Phi) is 4.94. The number of hydrogen-bond acceptors (Lipinski definition) is 3. The van der Waals surface area contributed by atoms with E-state index >= 15 is 0 Å². The lowest BCUT2D eigenvalue weighted by molar-refractivity contribution is 0.124. The summed E-state index contributed by atoms with van der Waals surface area (Å²) in [7, 11) is 2.30. The van der Waals surface area contributed by atoms with Gasteiger partial charge in [0, 0.05) is 22.2 Å². The molecule has 0 saturated carbocycles. The van der Waals surface area contributed by atoms with Crippen molar-refractivity contribution in [2.24, 2.45) is 0 Å². The molecule has 1 saturated heterocycles. The first-order chi connectivity index (χ1) is 10.3. The fourth-order valence-electron chi connectivity index (χ4n) is 3.39. The third-order valence-electron chi connectivity index (χ3n) is 4.60. The number of fused-ring (bicyclic) bond motifs is 1. The second-order valence-corrected chi connectivity index (χ2v) is 7.41. The van der Waals surface area contributed by atoms with Crippen LogP contribution in [-0.4, -0.2) is 42.5 Å². The van der Waals surface area contributed by atoms with Crippen molar-refractivity contribution in [2.45, 2.75) is 38.8 Å². The van der Waals surface area contributed by atoms with E-state index in [0.717, 1.165) is 12.6 Å². The molecular formula is C18H26N2S. The lowest BCUT2D eigenvalue weighted by Gasteiger charge is -2.36. The molecule has 21 heavy (non-hydrogen) atoms. The predicted octanol–water partition coefficient (Wildman–Crippen LogP) is 4.21. The van der Waals surface area contributed by atoms with Crippen LogP contribution in [0.1, 0.15) is 31.1 Å². The van der Waals surface area contributed by atoms with Gasteiger partial charge in [0.15, 0.2) is 0 Å². The van der Waals surface area contributed by atoms with E-state index in [-0.39, 0.29) is 0 Å². The minimum absolute atomic E-state index is 0.753. The van der Waals surface area contributed by atoms with Gasteiger partial charge in [-0.15, -0.1) is 11.3 Å². The Morgan fingerprint density at radius 1 is 1.24 bits per heavy atom. The molecule has 1 aromatic heterocycles. The smallest absolute Gasteiger partial charge is 0.0346 e. The first-order valence-electron chi connectivity index (χ1n) is 8.16. The van der Waals surface area contributed by atoms with Gasteiger partial charge in [-0.2, -0.15) is 0 Å². The van der Waals surface area contributed by atoms with Crippen molar-refractivity contribution in [3.63, 3.8) is 0 Å². The molecule has 1 fully saturated rings. The van der Waals surface area contributed by atoms with Gasteiger partial charge in [0.2, 0.25) is 0 Å². The second kappa shape index (κ2) is 6.91. The highest BCUT2D eigenvalue weighted by atomic mass is 32.1. The summed E-state index contributed by atoms with van der Waals surface area (Å²) in [6.45, 7) is 7.19. The molecule has 1 aliphatic rings. The van der Waals surface area contributed by atoms with Crippen LogP contribution in [0.4, 0.5) is 0 Å². The Labute approximate surface area is 132 Å². The minimum atomic E-state index is 0.753. The van der Waals surface area contributed by atoms with Crippen molar-refractivity contribution in [3.8, 4) is 0 Å². The molecule has 0 spiro atoms. The Morgan fingerprint density at radius 2 is 2.00 bits per heavy atom. The molecule has 2 aromatic rings. The topological polar surface area (TPSA) is 6.48 Å². The monoisotopic (exact) mass is 302 g/mol. The molecule has 0 N–H and O–H groups in total. The fraction of sp³-hybridized carbons (Fsp3) is 0.556. The van der Waals surface area contributed by atoms with Gasteiger partial charge in [0.1, 0.15) is 0 Å². The average Bonchev–Trinajstić information content (AvgIpc) is 2.90. The molecule has 1 aliphatic heterocycles. The number of nitrogens with zero attached hydrogens (tertiary/aromatic N) is 2. The third kappa shape index (κ3) is 3.65. The Morgan fingerprint density at radius 3 is 2.71 bits per heavy atom. The SMILES string of the molecule is CCCN1CCC(N(C)Cc2cc3ccccc3s2)CC1. The van der Waals surface area contributed by atoms with E-state index in [4.69, 9.17) is 0 Å². The molecule has 114 valence electrons. The Bertz CT molecular complexity index is 536. The lowest BCUT2D eigenvalue weighted by Crippen LogP contribution is -2.43. The second-order valence-electron chi connectivity index (χ2n) is 6.24. The van der Waals surface area contributed by atoms with E-state index < -0.39 is 0 Å². The van der Waals surface area contributed by atoms with Gasteiger partial charge in [0.05, 0.1) is 0 Å². The van der Waals surface area contributed by atoms with Gasteiger partial charge >= 0.3 is 0 Å². The number of thiophene rings is 1. The van der Waals surface area contributed by atoms with Crippen LogP contribution in [0.15, 0.2) is 30.3 Å². The first-order valence-corrected chi connectivity index (χ1v) is 8.98. The van der Waals surface area contributed by atoms with Crippen molar-refractivity contribution in [3.05, 3.63) is 35.2 Å². The van der Waals surface area contributed by atoms with Crippen molar-refractivity contribution in [1.29, 1.82) is 0 Å². The number of piperidine rings is 1. The zero-order valence-corrected chi connectivity index (χ0v) is 14.0. The summed E-state index contributed by atoms with van der Waals surface area (Å²) >= 11 is 1.95. The number of hydrogen-bond donors (Lipinski definition) is 0. The fourth-order valence-corrected chi connectivity index (χ4v) is 4.52. The van der Waals surface area contributed by atoms with Crippen LogP contribution < -0.4 is 0 Å². The van der Waals surface area contributed by atoms with Crippen LogP contribution in [0, 0.1) is 0 Å². The van der Waals surface area contributed by atoms with Crippen LogP contribution in [0.3, 0.4) is 0 Å². The highest BCUT2D eigenvalue weighted by Crippen LogP contribution is 2.27. The summed E-state index contributed by atoms with van der Waals surface area (Å²) in [5.74, 6) is 0. The summed E-state index contributed by atoms with van der Waals surface area (Å²) in [4.78, 5) is 6.67. The van der Waals surface area contributed by atoms with E-state index in [1.165, 1.54) is 53.9 Å². The number of rotatable bonds is 5. The summed E-state index contributed by atoms with van der Waals surface area (Å²) in [6.07, 6.45) is 3.92. The number of benzene rings is 1. The van der Waals surface area contributed by atoms with Crippen LogP contribution in [0.25, 0.3) is 10.1 Å². The molecule has 0 atom stereocenters. The zero-order valence-electron chi connectivity index (χ0n) is 13.2. The molecule has 0 aliphatic carbocycles. The highest BCUT2D eigenvalue weighted by Gasteiger charge is 2.22. The van der Waals surface area contributed by atoms with Crippen molar-refractivity contribution in [1.82, 2.24) is 9.80 Å². The summed E-state index contributed by atoms with van der Waals surface area (Å²) in [5.41, 5.74) is 0. The number of likely N-dealkylation sites (tertiary alicyclic amines) is 1. The van der Waals surface area contributed by atoms with Crippen LogP contribution >= 0.6 is 11.3 Å². The third-order valence-corrected chi connectivity index (χ3v) is 5.70. The first kappa shape index (κ1) is 15.0. The Hall–Kier alpha value is -0.900. The maximum atomic E-state index is 2.61. The van der Waals surface area contributed by atoms with E-state index in [0.29, 0.717) is 0 Å². The summed E-state index contributed by atoms with van der Waals surface area (Å²) in [6, 6.07) is 11.8. The molecule has 3 rings (SSSR count). The standard InChI is InChI=1S/C18H26N2S/c1-3-10-20-11-8-16(9-12-20)19(2)14-17-13-15-6-4-5-7-18(15)21-17/h4-7,13,16H,3,8-12,14H2,1-2H3. The van der Waals surface area contributed by atoms with Crippen molar-refractivity contribution < 1.29 is 0 Å². The van der Waals surface area contributed by atoms with Crippen LogP contribution in [0.2, 0.25) is 0 Å². The Balaban J connectivity index is 1.57. The van der Waals surface area contributed by atoms with Crippen LogP contribution in [-0.2, 0) is 6.54 Å². The minimum Gasteiger partial charge on any atom is -0.303 e. The van der Waals surface area contributed by atoms with E-state index in [2.05, 4.69) is 54.1 Å². The maximum Gasteiger partial charge on any atom is 0.0346 e. The van der Waals surface area contributed by atoms with Gasteiger partial charge < -0.3 is 4.90 Å². The molecule has 1 aromatic carbocycles. The quantitative estimate of drug-likeness (QED) is 0.816. The van der Waals surface area contributed by atoms with E-state index in [9.17, 15) is 0 Å². The van der Waals surface area contributed by atoms with E-state index in [1.807, 2.05) is 11.3 Å². The maximum absolute atomic E-state index is 2.61. The average molecular weight is 302 g/mol. The molecule has 2 nitrogen and oxygen atoms in total. The highest BCUT2D eigenvalue weighted by molar-refractivity contribution is 7.19. The predicted molar refractivity (Wildman–Crippen MR) is 93.0 cm³/mol. The van der Waals surface area contributed by atoms with Crippen LogP contribution in [0.5, 0.6) is 0 Å². The molecule has 0 unspecified atom stereocenters. The van der Waals surface area contributed by atoms with Gasteiger partial charge in [-0.1, -0.05) is 25.1 Å². The van der Waals surface area contributed by atoms with Gasteiger partial charge in [0.25, 0.3) is 0 Å². The molecular weight excluding hydrogens is 276 g/mol. The molecule has 0 amide bonds. The summed E-state index contributed by atoms with van der Waals surface area (Å²) in [5, 5.41) is 1.39.